The molecular formula is C12H29N3Si2. The van der Waals surface area contributed by atoms with E-state index in [1.54, 1.807) is 0 Å². The van der Waals surface area contributed by atoms with E-state index < -0.39 is 0 Å². The highest BCUT2D eigenvalue weighted by atomic mass is 28.3. The maximum atomic E-state index is 3.59. The summed E-state index contributed by atoms with van der Waals surface area (Å²) in [6.07, 6.45) is 0. The fourth-order valence-corrected chi connectivity index (χ4v) is 2.93. The Morgan fingerprint density at radius 2 is 0.941 bits per heavy atom. The summed E-state index contributed by atoms with van der Waals surface area (Å²) in [7, 11) is 1.29. The molecule has 0 aromatic carbocycles. The van der Waals surface area contributed by atoms with Gasteiger partial charge >= 0.3 is 0 Å². The van der Waals surface area contributed by atoms with Gasteiger partial charge in [-0.1, -0.05) is 0 Å². The lowest BCUT2D eigenvalue weighted by molar-refractivity contribution is 0.351. The Kier molecular flexibility index (Phi) is 6.08. The third kappa shape index (κ3) is 9.97. The van der Waals surface area contributed by atoms with Gasteiger partial charge in [-0.05, 0) is 62.3 Å². The van der Waals surface area contributed by atoms with E-state index in [1.807, 2.05) is 0 Å². The predicted octanol–water partition coefficient (Wildman–Crippen LogP) is 1.93. The zero-order valence-electron chi connectivity index (χ0n) is 12.9. The van der Waals surface area contributed by atoms with Crippen LogP contribution in [0.1, 0.15) is 62.3 Å². The van der Waals surface area contributed by atoms with Crippen molar-refractivity contribution < 1.29 is 0 Å². The topological polar surface area (TPSA) is 27.3 Å². The van der Waals surface area contributed by atoms with Gasteiger partial charge in [0.2, 0.25) is 19.7 Å². The summed E-state index contributed by atoms with van der Waals surface area (Å²) in [5.41, 5.74) is 0.537. The van der Waals surface area contributed by atoms with Crippen LogP contribution in [0.4, 0.5) is 0 Å². The van der Waals surface area contributed by atoms with Gasteiger partial charge in [0.05, 0.1) is 0 Å². The molecule has 5 heteroatoms. The third-order valence-electron chi connectivity index (χ3n) is 1.76. The van der Waals surface area contributed by atoms with Gasteiger partial charge in [0.25, 0.3) is 0 Å². The van der Waals surface area contributed by atoms with Crippen molar-refractivity contribution in [3.8, 4) is 0 Å². The van der Waals surface area contributed by atoms with E-state index in [-0.39, 0.29) is 16.6 Å². The third-order valence-corrected chi connectivity index (χ3v) is 5.94. The molecule has 0 saturated heterocycles. The molecule has 0 spiro atoms. The van der Waals surface area contributed by atoms with Gasteiger partial charge < -0.3 is 14.2 Å². The van der Waals surface area contributed by atoms with Crippen LogP contribution in [0.5, 0.6) is 0 Å². The molecule has 0 heterocycles. The summed E-state index contributed by atoms with van der Waals surface area (Å²) in [5, 5.41) is 0. The Bertz CT molecular complexity index is 205. The number of nitrogens with zero attached hydrogens (tertiary/aromatic N) is 1. The van der Waals surface area contributed by atoms with Crippen LogP contribution in [-0.4, -0.2) is 40.5 Å². The first-order valence-electron chi connectivity index (χ1n) is 6.17. The number of rotatable bonds is 4. The molecule has 0 bridgehead atoms. The molecule has 2 N–H and O–H groups in total. The average Bonchev–Trinajstić information content (AvgIpc) is 1.96. The van der Waals surface area contributed by atoms with Crippen molar-refractivity contribution in [3.05, 3.63) is 0 Å². The summed E-state index contributed by atoms with van der Waals surface area (Å²) >= 11 is 0. The molecule has 0 rings (SSSR count). The standard InChI is InChI=1S/C12H29N3Si2/c1-10(2,3)13-16-15(12(7,8)9)17-14-11(4,5)6/h13-14H,1-9H3. The quantitative estimate of drug-likeness (QED) is 0.765. The molecule has 0 unspecified atom stereocenters. The van der Waals surface area contributed by atoms with E-state index in [0.717, 1.165) is 0 Å². The highest BCUT2D eigenvalue weighted by Crippen LogP contribution is 2.11. The molecule has 17 heavy (non-hydrogen) atoms. The molecule has 0 atom stereocenters. The second-order valence-electron chi connectivity index (χ2n) is 7.48. The van der Waals surface area contributed by atoms with Crippen molar-refractivity contribution >= 4 is 19.7 Å². The molecule has 0 aliphatic heterocycles. The molecule has 0 aliphatic rings. The van der Waals surface area contributed by atoms with Gasteiger partial charge in [0.1, 0.15) is 0 Å². The summed E-state index contributed by atoms with van der Waals surface area (Å²) in [6.45, 7) is 20.1. The van der Waals surface area contributed by atoms with Gasteiger partial charge in [-0.3, -0.25) is 0 Å². The first-order valence-corrected chi connectivity index (χ1v) is 8.07. The van der Waals surface area contributed by atoms with Gasteiger partial charge in [-0.25, -0.2) is 0 Å². The highest BCUT2D eigenvalue weighted by molar-refractivity contribution is 6.47. The SMILES string of the molecule is CC(C)(C)N[Si]N([Si]NC(C)(C)C)C(C)(C)C. The molecule has 0 amide bonds. The molecule has 3 nitrogen and oxygen atoms in total. The molecule has 0 aromatic heterocycles. The van der Waals surface area contributed by atoms with Crippen LogP contribution < -0.4 is 9.96 Å². The summed E-state index contributed by atoms with van der Waals surface area (Å²) in [6, 6.07) is 0. The minimum atomic E-state index is 0.175. The maximum Gasteiger partial charge on any atom is 0.242 e. The Morgan fingerprint density at radius 3 is 1.12 bits per heavy atom. The van der Waals surface area contributed by atoms with Crippen molar-refractivity contribution in [3.63, 3.8) is 0 Å². The second kappa shape index (κ2) is 5.97. The Morgan fingerprint density at radius 1 is 0.647 bits per heavy atom. The van der Waals surface area contributed by atoms with E-state index in [9.17, 15) is 0 Å². The maximum absolute atomic E-state index is 3.59. The molecule has 0 saturated carbocycles. The summed E-state index contributed by atoms with van der Waals surface area (Å²) < 4.78 is 2.48. The number of nitrogens with one attached hydrogen (secondary N) is 2. The van der Waals surface area contributed by atoms with Crippen LogP contribution in [0.3, 0.4) is 0 Å². The van der Waals surface area contributed by atoms with E-state index >= 15 is 0 Å². The van der Waals surface area contributed by atoms with Crippen LogP contribution in [0, 0.1) is 0 Å². The summed E-state index contributed by atoms with van der Waals surface area (Å²) in [5.74, 6) is 0. The van der Waals surface area contributed by atoms with Crippen LogP contribution in [-0.2, 0) is 0 Å². The zero-order chi connectivity index (χ0) is 13.9. The molecule has 4 radical (unpaired) electrons. The molecule has 0 aromatic rings. The smallest absolute Gasteiger partial charge is 0.242 e. The van der Waals surface area contributed by atoms with Gasteiger partial charge in [0.15, 0.2) is 0 Å². The fourth-order valence-electron chi connectivity index (χ4n) is 0.811. The van der Waals surface area contributed by atoms with Crippen LogP contribution >= 0.6 is 0 Å². The van der Waals surface area contributed by atoms with Crippen molar-refractivity contribution in [2.75, 3.05) is 0 Å². The van der Waals surface area contributed by atoms with Crippen LogP contribution in [0.2, 0.25) is 0 Å². The predicted molar refractivity (Wildman–Crippen MR) is 78.9 cm³/mol. The minimum absolute atomic E-state index is 0.175. The second-order valence-corrected chi connectivity index (χ2v) is 9.77. The lowest BCUT2D eigenvalue weighted by Gasteiger charge is -2.38. The van der Waals surface area contributed by atoms with Crippen molar-refractivity contribution in [2.24, 2.45) is 0 Å². The van der Waals surface area contributed by atoms with Crippen LogP contribution in [0.25, 0.3) is 0 Å². The van der Waals surface area contributed by atoms with Gasteiger partial charge in [-0.15, -0.1) is 0 Å². The number of hydrogen-bond acceptors (Lipinski definition) is 3. The molecular weight excluding hydrogens is 242 g/mol. The largest absolute Gasteiger partial charge is 0.321 e. The Hall–Kier alpha value is 0.314. The summed E-state index contributed by atoms with van der Waals surface area (Å²) in [4.78, 5) is 7.17. The van der Waals surface area contributed by atoms with Crippen molar-refractivity contribution in [1.29, 1.82) is 0 Å². The lowest BCUT2D eigenvalue weighted by atomic mass is 10.1. The van der Waals surface area contributed by atoms with Crippen molar-refractivity contribution in [1.82, 2.24) is 14.2 Å². The normalized spacial score (nSPS) is 14.5. The first kappa shape index (κ1) is 17.3. The van der Waals surface area contributed by atoms with E-state index in [2.05, 4.69) is 76.5 Å². The zero-order valence-corrected chi connectivity index (χ0v) is 14.9. The molecule has 0 fully saturated rings. The number of hydrogen-bond donors (Lipinski definition) is 2. The van der Waals surface area contributed by atoms with E-state index in [0.29, 0.717) is 19.7 Å². The van der Waals surface area contributed by atoms with Gasteiger partial charge in [-0.2, -0.15) is 0 Å². The van der Waals surface area contributed by atoms with E-state index in [4.69, 9.17) is 0 Å². The van der Waals surface area contributed by atoms with Crippen molar-refractivity contribution in [2.45, 2.75) is 78.9 Å². The van der Waals surface area contributed by atoms with Gasteiger partial charge in [0, 0.05) is 16.6 Å². The molecule has 100 valence electrons. The first-order chi connectivity index (χ1) is 7.31. The average molecular weight is 272 g/mol. The Balaban J connectivity index is 4.37. The lowest BCUT2D eigenvalue weighted by Crippen LogP contribution is -2.60. The Labute approximate surface area is 113 Å². The van der Waals surface area contributed by atoms with E-state index in [1.165, 1.54) is 0 Å². The fraction of sp³-hybridized carbons (Fsp3) is 1.00. The minimum Gasteiger partial charge on any atom is -0.321 e. The van der Waals surface area contributed by atoms with Crippen LogP contribution in [0.15, 0.2) is 0 Å². The highest BCUT2D eigenvalue weighted by Gasteiger charge is 2.26. The molecule has 0 aliphatic carbocycles. The monoisotopic (exact) mass is 271 g/mol.